The largest absolute Gasteiger partial charge is 0.497 e. The van der Waals surface area contributed by atoms with Crippen LogP contribution < -0.4 is 14.8 Å². The van der Waals surface area contributed by atoms with Crippen molar-refractivity contribution in [2.75, 3.05) is 14.2 Å². The Morgan fingerprint density at radius 2 is 1.93 bits per heavy atom. The van der Waals surface area contributed by atoms with E-state index in [0.717, 1.165) is 28.1 Å². The van der Waals surface area contributed by atoms with Crippen LogP contribution in [-0.2, 0) is 7.05 Å². The summed E-state index contributed by atoms with van der Waals surface area (Å²) in [6.45, 7) is 7.75. The van der Waals surface area contributed by atoms with Gasteiger partial charge in [0.05, 0.1) is 31.6 Å². The van der Waals surface area contributed by atoms with Gasteiger partial charge < -0.3 is 14.8 Å². The van der Waals surface area contributed by atoms with Gasteiger partial charge in [-0.25, -0.2) is 0 Å². The molecule has 8 heteroatoms. The Hall–Kier alpha value is -3.29. The molecule has 0 aliphatic heterocycles. The fourth-order valence-corrected chi connectivity index (χ4v) is 3.63. The molecule has 2 aromatic heterocycles. The minimum absolute atomic E-state index is 0.183. The Bertz CT molecular complexity index is 1050. The molecule has 2 heterocycles. The number of aromatic amines is 1. The van der Waals surface area contributed by atoms with Crippen LogP contribution in [0.15, 0.2) is 18.2 Å². The highest BCUT2D eigenvalue weighted by molar-refractivity contribution is 5.95. The third-order valence-corrected chi connectivity index (χ3v) is 5.25. The molecule has 29 heavy (non-hydrogen) atoms. The number of hydrogen-bond acceptors (Lipinski definition) is 5. The molecule has 0 saturated heterocycles. The van der Waals surface area contributed by atoms with Gasteiger partial charge >= 0.3 is 0 Å². The number of methoxy groups -OCH3 is 2. The van der Waals surface area contributed by atoms with Gasteiger partial charge in [-0.2, -0.15) is 10.2 Å². The van der Waals surface area contributed by atoms with E-state index < -0.39 is 0 Å². The first-order valence-electron chi connectivity index (χ1n) is 9.36. The molecule has 154 valence electrons. The molecule has 0 aliphatic carbocycles. The van der Waals surface area contributed by atoms with E-state index in [-0.39, 0.29) is 11.9 Å². The third kappa shape index (κ3) is 3.70. The van der Waals surface area contributed by atoms with Gasteiger partial charge in [0.2, 0.25) is 0 Å². The van der Waals surface area contributed by atoms with Crippen LogP contribution in [0.5, 0.6) is 11.5 Å². The van der Waals surface area contributed by atoms with E-state index in [0.29, 0.717) is 22.9 Å². The van der Waals surface area contributed by atoms with Gasteiger partial charge in [0, 0.05) is 35.5 Å². The van der Waals surface area contributed by atoms with Crippen molar-refractivity contribution >= 4 is 5.91 Å². The fraction of sp³-hybridized carbons (Fsp3) is 0.381. The molecular formula is C21H27N5O3. The van der Waals surface area contributed by atoms with Crippen LogP contribution in [0.4, 0.5) is 0 Å². The van der Waals surface area contributed by atoms with Crippen LogP contribution in [-0.4, -0.2) is 40.1 Å². The molecular weight excluding hydrogens is 370 g/mol. The zero-order valence-corrected chi connectivity index (χ0v) is 17.9. The number of H-pyrrole nitrogens is 1. The van der Waals surface area contributed by atoms with Gasteiger partial charge in [-0.1, -0.05) is 0 Å². The summed E-state index contributed by atoms with van der Waals surface area (Å²) in [6.07, 6.45) is 0. The maximum atomic E-state index is 12.9. The summed E-state index contributed by atoms with van der Waals surface area (Å²) >= 11 is 0. The lowest BCUT2D eigenvalue weighted by Crippen LogP contribution is -2.28. The van der Waals surface area contributed by atoms with Crippen molar-refractivity contribution < 1.29 is 14.3 Å². The minimum atomic E-state index is -0.219. The predicted molar refractivity (Wildman–Crippen MR) is 110 cm³/mol. The lowest BCUT2D eigenvalue weighted by Gasteiger charge is -2.14. The highest BCUT2D eigenvalue weighted by Gasteiger charge is 2.23. The highest BCUT2D eigenvalue weighted by atomic mass is 16.5. The molecule has 0 unspecified atom stereocenters. The number of aryl methyl sites for hydroxylation is 2. The molecule has 1 aromatic carbocycles. The number of nitrogens with one attached hydrogen (secondary N) is 2. The Morgan fingerprint density at radius 3 is 2.52 bits per heavy atom. The van der Waals surface area contributed by atoms with Crippen molar-refractivity contribution in [1.29, 1.82) is 0 Å². The second-order valence-corrected chi connectivity index (χ2v) is 7.04. The number of carbonyl (C=O) groups is 1. The molecule has 3 rings (SSSR count). The summed E-state index contributed by atoms with van der Waals surface area (Å²) in [7, 11) is 5.09. The first-order valence-corrected chi connectivity index (χ1v) is 9.36. The van der Waals surface area contributed by atoms with Gasteiger partial charge in [-0.05, 0) is 39.8 Å². The number of nitrogens with zero attached hydrogens (tertiary/aromatic N) is 3. The van der Waals surface area contributed by atoms with Crippen molar-refractivity contribution in [3.63, 3.8) is 0 Å². The molecule has 0 bridgehead atoms. The zero-order chi connectivity index (χ0) is 21.3. The number of hydrogen-bond donors (Lipinski definition) is 2. The summed E-state index contributed by atoms with van der Waals surface area (Å²) in [5, 5.41) is 14.7. The first-order chi connectivity index (χ1) is 13.8. The van der Waals surface area contributed by atoms with Gasteiger partial charge in [-0.3, -0.25) is 14.6 Å². The molecule has 0 saturated carbocycles. The second kappa shape index (κ2) is 7.98. The molecule has 8 nitrogen and oxygen atoms in total. The van der Waals surface area contributed by atoms with Crippen molar-refractivity contribution in [1.82, 2.24) is 25.3 Å². The molecule has 0 radical (unpaired) electrons. The average Bonchev–Trinajstić information content (AvgIpc) is 3.19. The highest BCUT2D eigenvalue weighted by Crippen LogP contribution is 2.34. The summed E-state index contributed by atoms with van der Waals surface area (Å²) in [4.78, 5) is 12.9. The van der Waals surface area contributed by atoms with Crippen molar-refractivity contribution in [3.05, 3.63) is 46.4 Å². The monoisotopic (exact) mass is 397 g/mol. The van der Waals surface area contributed by atoms with Gasteiger partial charge in [0.25, 0.3) is 5.91 Å². The quantitative estimate of drug-likeness (QED) is 0.666. The SMILES string of the molecule is COc1ccc(-c2n[nH]c(C(=O)N[C@@H](C)c3c(C)nn(C)c3C)c2C)c(OC)c1. The Kier molecular flexibility index (Phi) is 5.63. The van der Waals surface area contributed by atoms with E-state index in [1.165, 1.54) is 0 Å². The summed E-state index contributed by atoms with van der Waals surface area (Å²) in [6, 6.07) is 5.31. The second-order valence-electron chi connectivity index (χ2n) is 7.04. The van der Waals surface area contributed by atoms with Gasteiger partial charge in [-0.15, -0.1) is 0 Å². The number of carbonyl (C=O) groups excluding carboxylic acids is 1. The first kappa shape index (κ1) is 20.4. The van der Waals surface area contributed by atoms with E-state index >= 15 is 0 Å². The van der Waals surface area contributed by atoms with E-state index in [4.69, 9.17) is 9.47 Å². The fourth-order valence-electron chi connectivity index (χ4n) is 3.63. The summed E-state index contributed by atoms with van der Waals surface area (Å²) < 4.78 is 12.5. The summed E-state index contributed by atoms with van der Waals surface area (Å²) in [5.74, 6) is 1.09. The Morgan fingerprint density at radius 1 is 1.21 bits per heavy atom. The van der Waals surface area contributed by atoms with Crippen molar-refractivity contribution in [2.24, 2.45) is 7.05 Å². The Labute approximate surface area is 170 Å². The van der Waals surface area contributed by atoms with E-state index in [1.807, 2.05) is 51.6 Å². The van der Waals surface area contributed by atoms with Crippen LogP contribution in [0.25, 0.3) is 11.3 Å². The van der Waals surface area contributed by atoms with Crippen LogP contribution in [0.3, 0.4) is 0 Å². The van der Waals surface area contributed by atoms with E-state index in [1.54, 1.807) is 20.3 Å². The zero-order valence-electron chi connectivity index (χ0n) is 17.9. The molecule has 1 amide bonds. The molecule has 0 spiro atoms. The maximum absolute atomic E-state index is 12.9. The number of rotatable bonds is 6. The third-order valence-electron chi connectivity index (χ3n) is 5.25. The molecule has 2 N–H and O–H groups in total. The van der Waals surface area contributed by atoms with Crippen LogP contribution in [0.1, 0.15) is 46.0 Å². The van der Waals surface area contributed by atoms with E-state index in [2.05, 4.69) is 20.6 Å². The molecule has 3 aromatic rings. The van der Waals surface area contributed by atoms with Gasteiger partial charge in [0.1, 0.15) is 17.2 Å². The average molecular weight is 397 g/mol. The Balaban J connectivity index is 1.88. The lowest BCUT2D eigenvalue weighted by atomic mass is 10.0. The lowest BCUT2D eigenvalue weighted by molar-refractivity contribution is 0.0934. The van der Waals surface area contributed by atoms with Crippen molar-refractivity contribution in [2.45, 2.75) is 33.7 Å². The number of aromatic nitrogens is 4. The van der Waals surface area contributed by atoms with Crippen LogP contribution in [0, 0.1) is 20.8 Å². The van der Waals surface area contributed by atoms with Crippen LogP contribution >= 0.6 is 0 Å². The number of amides is 1. The summed E-state index contributed by atoms with van der Waals surface area (Å²) in [5.41, 5.74) is 5.57. The minimum Gasteiger partial charge on any atom is -0.497 e. The van der Waals surface area contributed by atoms with E-state index in [9.17, 15) is 4.79 Å². The number of benzene rings is 1. The number of ether oxygens (including phenoxy) is 2. The molecule has 0 aliphatic rings. The topological polar surface area (TPSA) is 94.1 Å². The predicted octanol–water partition coefficient (Wildman–Crippen LogP) is 3.24. The smallest absolute Gasteiger partial charge is 0.270 e. The normalized spacial score (nSPS) is 12.0. The van der Waals surface area contributed by atoms with Gasteiger partial charge in [0.15, 0.2) is 0 Å². The standard InChI is InChI=1S/C21H27N5O3/c1-11-19(16-9-8-15(28-6)10-17(16)29-7)23-24-20(11)21(27)22-12(2)18-13(3)25-26(5)14(18)4/h8-10,12H,1-7H3,(H,22,27)(H,23,24)/t12-/m0/s1. The molecule has 0 fully saturated rings. The van der Waals surface area contributed by atoms with Crippen molar-refractivity contribution in [3.8, 4) is 22.8 Å². The molecule has 1 atom stereocenters. The maximum Gasteiger partial charge on any atom is 0.270 e. The van der Waals surface area contributed by atoms with Crippen LogP contribution in [0.2, 0.25) is 0 Å².